The van der Waals surface area contributed by atoms with Gasteiger partial charge >= 0.3 is 0 Å². The molecule has 0 amide bonds. The molecule has 5 rings (SSSR count). The second-order valence-corrected chi connectivity index (χ2v) is 6.16. The number of aromatic nitrogens is 1. The number of pyridine rings is 1. The minimum atomic E-state index is 0.0763. The monoisotopic (exact) mass is 340 g/mol. The number of fused-ring (bicyclic) bond motifs is 4. The van der Waals surface area contributed by atoms with Crippen LogP contribution in [-0.2, 0) is 0 Å². The van der Waals surface area contributed by atoms with E-state index >= 15 is 0 Å². The minimum Gasteiger partial charge on any atom is -0.334 e. The van der Waals surface area contributed by atoms with Gasteiger partial charge in [-0.05, 0) is 18.2 Å². The van der Waals surface area contributed by atoms with Crippen LogP contribution in [-0.4, -0.2) is 34.2 Å². The molecule has 0 saturated heterocycles. The number of nitrogens with one attached hydrogen (secondary N) is 1. The molecule has 0 saturated carbocycles. The van der Waals surface area contributed by atoms with Crippen molar-refractivity contribution in [2.75, 3.05) is 0 Å². The van der Waals surface area contributed by atoms with Crippen molar-refractivity contribution in [3.8, 4) is 0 Å². The molecule has 0 radical (unpaired) electrons. The summed E-state index contributed by atoms with van der Waals surface area (Å²) in [5.41, 5.74) is 6.17. The maximum absolute atomic E-state index is 4.67. The van der Waals surface area contributed by atoms with Gasteiger partial charge in [0.25, 0.3) is 0 Å². The molecule has 3 aliphatic heterocycles. The van der Waals surface area contributed by atoms with Crippen molar-refractivity contribution in [2.24, 2.45) is 15.1 Å². The fourth-order valence-corrected chi connectivity index (χ4v) is 3.36. The Morgan fingerprint density at radius 3 is 3.19 bits per heavy atom. The molecule has 0 fully saturated rings. The zero-order valence-electron chi connectivity index (χ0n) is 13.9. The summed E-state index contributed by atoms with van der Waals surface area (Å²) >= 11 is 0. The molecule has 0 bridgehead atoms. The fourth-order valence-electron chi connectivity index (χ4n) is 3.36. The first-order chi connectivity index (χ1) is 12.9. The summed E-state index contributed by atoms with van der Waals surface area (Å²) in [5.74, 6) is 1.51. The van der Waals surface area contributed by atoms with Gasteiger partial charge in [-0.15, -0.1) is 0 Å². The molecule has 3 aliphatic rings. The van der Waals surface area contributed by atoms with Crippen LogP contribution in [0.15, 0.2) is 87.6 Å². The number of hydrazone groups is 1. The van der Waals surface area contributed by atoms with Crippen LogP contribution in [0.2, 0.25) is 0 Å². The molecule has 1 unspecified atom stereocenters. The van der Waals surface area contributed by atoms with E-state index in [0.29, 0.717) is 0 Å². The first-order valence-electron chi connectivity index (χ1n) is 8.50. The van der Waals surface area contributed by atoms with Crippen LogP contribution >= 0.6 is 0 Å². The molecular weight excluding hydrogens is 324 g/mol. The van der Waals surface area contributed by atoms with E-state index in [9.17, 15) is 0 Å². The van der Waals surface area contributed by atoms with Crippen molar-refractivity contribution in [1.29, 1.82) is 0 Å². The second kappa shape index (κ2) is 6.07. The van der Waals surface area contributed by atoms with Crippen molar-refractivity contribution in [1.82, 2.24) is 15.3 Å². The molecule has 1 aromatic carbocycles. The molecule has 0 spiro atoms. The summed E-state index contributed by atoms with van der Waals surface area (Å²) in [7, 11) is 0. The highest BCUT2D eigenvalue weighted by Crippen LogP contribution is 2.30. The largest absolute Gasteiger partial charge is 0.334 e. The second-order valence-electron chi connectivity index (χ2n) is 6.16. The van der Waals surface area contributed by atoms with E-state index in [4.69, 9.17) is 0 Å². The maximum Gasteiger partial charge on any atom is 0.168 e. The van der Waals surface area contributed by atoms with E-state index in [1.807, 2.05) is 36.4 Å². The molecule has 1 N–H and O–H groups in total. The van der Waals surface area contributed by atoms with Gasteiger partial charge in [0.1, 0.15) is 6.04 Å². The van der Waals surface area contributed by atoms with Crippen LogP contribution in [0.3, 0.4) is 0 Å². The van der Waals surface area contributed by atoms with Crippen LogP contribution in [0.25, 0.3) is 10.9 Å². The van der Waals surface area contributed by atoms with Crippen LogP contribution in [0.1, 0.15) is 12.0 Å². The molecule has 126 valence electrons. The van der Waals surface area contributed by atoms with E-state index < -0.39 is 0 Å². The highest BCUT2D eigenvalue weighted by atomic mass is 15.4. The molecular formula is C20H16N6. The predicted molar refractivity (Wildman–Crippen MR) is 104 cm³/mol. The average molecular weight is 340 g/mol. The lowest BCUT2D eigenvalue weighted by Crippen LogP contribution is -2.39. The average Bonchev–Trinajstić information content (AvgIpc) is 3.19. The number of amidine groups is 1. The molecule has 2 aromatic rings. The Labute approximate surface area is 150 Å². The van der Waals surface area contributed by atoms with Crippen LogP contribution in [0, 0.1) is 0 Å². The van der Waals surface area contributed by atoms with Crippen LogP contribution < -0.4 is 5.43 Å². The van der Waals surface area contributed by atoms with Gasteiger partial charge in [-0.1, -0.05) is 30.4 Å². The molecule has 1 atom stereocenters. The zero-order chi connectivity index (χ0) is 17.3. The maximum atomic E-state index is 4.67. The van der Waals surface area contributed by atoms with E-state index in [1.54, 1.807) is 18.6 Å². The summed E-state index contributed by atoms with van der Waals surface area (Å²) in [6.45, 7) is 0. The third-order valence-corrected chi connectivity index (χ3v) is 4.60. The lowest BCUT2D eigenvalue weighted by Gasteiger charge is -2.32. The topological polar surface area (TPSA) is 65.2 Å². The molecule has 6 nitrogen and oxygen atoms in total. The number of nitrogens with zero attached hydrogens (tertiary/aromatic N) is 5. The summed E-state index contributed by atoms with van der Waals surface area (Å²) in [5, 5.41) is 5.49. The van der Waals surface area contributed by atoms with Gasteiger partial charge in [-0.25, -0.2) is 9.98 Å². The van der Waals surface area contributed by atoms with E-state index in [-0.39, 0.29) is 6.04 Å². The van der Waals surface area contributed by atoms with Gasteiger partial charge in [-0.3, -0.25) is 10.4 Å². The van der Waals surface area contributed by atoms with Crippen LogP contribution in [0.4, 0.5) is 0 Å². The van der Waals surface area contributed by atoms with Crippen molar-refractivity contribution >= 4 is 29.2 Å². The smallest absolute Gasteiger partial charge is 0.168 e. The Morgan fingerprint density at radius 1 is 1.23 bits per heavy atom. The van der Waals surface area contributed by atoms with Crippen molar-refractivity contribution in [3.63, 3.8) is 0 Å². The van der Waals surface area contributed by atoms with Gasteiger partial charge < -0.3 is 4.90 Å². The Balaban J connectivity index is 1.44. The quantitative estimate of drug-likeness (QED) is 0.690. The van der Waals surface area contributed by atoms with E-state index in [2.05, 4.69) is 48.7 Å². The first kappa shape index (κ1) is 14.8. The third kappa shape index (κ3) is 2.43. The Morgan fingerprint density at radius 2 is 2.19 bits per heavy atom. The van der Waals surface area contributed by atoms with E-state index in [0.717, 1.165) is 40.2 Å². The molecule has 0 aliphatic carbocycles. The lowest BCUT2D eigenvalue weighted by atomic mass is 10.1. The highest BCUT2D eigenvalue weighted by molar-refractivity contribution is 6.01. The van der Waals surface area contributed by atoms with Crippen molar-refractivity contribution < 1.29 is 0 Å². The number of hydrogen-bond acceptors (Lipinski definition) is 6. The molecule has 1 aromatic heterocycles. The molecule has 6 heteroatoms. The van der Waals surface area contributed by atoms with Crippen molar-refractivity contribution in [2.45, 2.75) is 12.5 Å². The van der Waals surface area contributed by atoms with E-state index in [1.165, 1.54) is 0 Å². The summed E-state index contributed by atoms with van der Waals surface area (Å²) in [6.07, 6.45) is 14.5. The van der Waals surface area contributed by atoms with Gasteiger partial charge in [-0.2, -0.15) is 5.10 Å². The normalized spacial score (nSPS) is 20.7. The van der Waals surface area contributed by atoms with Gasteiger partial charge in [0.05, 0.1) is 17.4 Å². The first-order valence-corrected chi connectivity index (χ1v) is 8.50. The number of allylic oxidation sites excluding steroid dienone is 2. The Bertz CT molecular complexity index is 1050. The summed E-state index contributed by atoms with van der Waals surface area (Å²) in [4.78, 5) is 15.6. The van der Waals surface area contributed by atoms with Crippen LogP contribution in [0.5, 0.6) is 0 Å². The van der Waals surface area contributed by atoms with Gasteiger partial charge in [0, 0.05) is 36.0 Å². The minimum absolute atomic E-state index is 0.0763. The Kier molecular flexibility index (Phi) is 3.45. The predicted octanol–water partition coefficient (Wildman–Crippen LogP) is 2.97. The number of rotatable bonds is 3. The zero-order valence-corrected chi connectivity index (χ0v) is 13.9. The highest BCUT2D eigenvalue weighted by Gasteiger charge is 2.31. The standard InChI is InChI=1S/C20H16N6/c1-2-6-16-15(5-1)14(9-11-21-16)13-23-25-20-18-8-4-12-26(18)17-7-3-10-22-19(17)24-20/h1-7,9-13,17,25H,8H2/b23-13+. The number of benzene rings is 1. The summed E-state index contributed by atoms with van der Waals surface area (Å²) in [6, 6.07) is 10.1. The lowest BCUT2D eigenvalue weighted by molar-refractivity contribution is 0.451. The third-order valence-electron chi connectivity index (χ3n) is 4.60. The fraction of sp³-hybridized carbons (Fsp3) is 0.100. The van der Waals surface area contributed by atoms with Gasteiger partial charge in [0.2, 0.25) is 0 Å². The summed E-state index contributed by atoms with van der Waals surface area (Å²) < 4.78 is 0. The number of para-hydroxylation sites is 1. The molecule has 26 heavy (non-hydrogen) atoms. The number of dihydropyridines is 1. The van der Waals surface area contributed by atoms with Gasteiger partial charge in [0.15, 0.2) is 11.7 Å². The molecule has 4 heterocycles. The number of hydrogen-bond donors (Lipinski definition) is 1. The SMILES string of the molecule is C1=CC2C(=NC(N/N=C/c3ccnc4ccccc34)=C3CC=CN32)N=C1. The van der Waals surface area contributed by atoms with Crippen molar-refractivity contribution in [3.05, 3.63) is 78.0 Å². The number of aliphatic imine (C=N–C) groups is 2. The Hall–Kier alpha value is -3.54.